The van der Waals surface area contributed by atoms with Gasteiger partial charge in [-0.3, -0.25) is 4.52 Å². The third-order valence-electron chi connectivity index (χ3n) is 4.38. The Morgan fingerprint density at radius 1 is 1.04 bits per heavy atom. The fourth-order valence-corrected chi connectivity index (χ4v) is 4.00. The summed E-state index contributed by atoms with van der Waals surface area (Å²) in [5.41, 5.74) is 1.25. The number of unbranched alkanes of at least 4 members (excludes halogenated alkanes) is 4. The van der Waals surface area contributed by atoms with Crippen molar-refractivity contribution in [2.75, 3.05) is 6.61 Å². The molecule has 2 aliphatic rings. The lowest BCUT2D eigenvalue weighted by Crippen LogP contribution is -2.21. The fourth-order valence-electron chi connectivity index (χ4n) is 2.84. The predicted octanol–water partition coefficient (Wildman–Crippen LogP) is 5.69. The molecular weight excluding hydrogens is 355 g/mol. The molecule has 6 nitrogen and oxygen atoms in total. The first kappa shape index (κ1) is 19.1. The average Bonchev–Trinajstić information content (AvgIpc) is 3.17. The van der Waals surface area contributed by atoms with E-state index in [0.717, 1.165) is 25.0 Å². The Balaban J connectivity index is 1.60. The Hall–Kier alpha value is -1.65. The minimum atomic E-state index is -3.48. The van der Waals surface area contributed by atoms with E-state index in [-0.39, 0.29) is 12.6 Å². The highest BCUT2D eigenvalue weighted by Gasteiger charge is 2.49. The second-order valence-corrected chi connectivity index (χ2v) is 8.00. The van der Waals surface area contributed by atoms with E-state index in [1.54, 1.807) is 0 Å². The Morgan fingerprint density at radius 3 is 2.42 bits per heavy atom. The van der Waals surface area contributed by atoms with Crippen molar-refractivity contribution in [2.45, 2.75) is 65.1 Å². The van der Waals surface area contributed by atoms with E-state index in [1.807, 2.05) is 24.3 Å². The van der Waals surface area contributed by atoms with Gasteiger partial charge in [0.15, 0.2) is 0 Å². The number of aryl methyl sites for hydroxylation is 1. The first-order valence-corrected chi connectivity index (χ1v) is 10.9. The lowest BCUT2D eigenvalue weighted by atomic mass is 10.1. The first-order valence-electron chi connectivity index (χ1n) is 9.41. The van der Waals surface area contributed by atoms with Crippen LogP contribution in [0.4, 0.5) is 0 Å². The number of hydrogen-bond acceptors (Lipinski definition) is 6. The SMILES string of the molecule is CCCCCCCC(OC1=C2COP(=O)(O2)O1)Oc1ccc(CC)cc1. The molecule has 0 spiro atoms. The van der Waals surface area contributed by atoms with Crippen LogP contribution in [0, 0.1) is 0 Å². The number of benzene rings is 1. The van der Waals surface area contributed by atoms with Crippen LogP contribution in [-0.2, 0) is 29.3 Å². The lowest BCUT2D eigenvalue weighted by molar-refractivity contribution is -0.0860. The quantitative estimate of drug-likeness (QED) is 0.278. The molecule has 7 heteroatoms. The van der Waals surface area contributed by atoms with Gasteiger partial charge < -0.3 is 18.5 Å². The zero-order valence-electron chi connectivity index (χ0n) is 15.4. The normalized spacial score (nSPS) is 22.1. The van der Waals surface area contributed by atoms with Crippen molar-refractivity contribution in [2.24, 2.45) is 0 Å². The number of fused-ring (bicyclic) bond motifs is 2. The maximum atomic E-state index is 11.9. The topological polar surface area (TPSA) is 63.2 Å². The van der Waals surface area contributed by atoms with Crippen molar-refractivity contribution >= 4 is 7.82 Å². The van der Waals surface area contributed by atoms with Crippen LogP contribution in [-0.4, -0.2) is 12.9 Å². The molecule has 0 saturated carbocycles. The molecule has 144 valence electrons. The average molecular weight is 382 g/mol. The van der Waals surface area contributed by atoms with E-state index in [2.05, 4.69) is 13.8 Å². The van der Waals surface area contributed by atoms with Crippen molar-refractivity contribution in [3.8, 4) is 5.75 Å². The van der Waals surface area contributed by atoms with Crippen molar-refractivity contribution < 1.29 is 27.6 Å². The number of phosphoric ester groups is 1. The summed E-state index contributed by atoms with van der Waals surface area (Å²) in [5, 5.41) is 0. The van der Waals surface area contributed by atoms with E-state index < -0.39 is 14.1 Å². The number of ether oxygens (including phenoxy) is 2. The summed E-state index contributed by atoms with van der Waals surface area (Å²) in [6.07, 6.45) is 6.91. The van der Waals surface area contributed by atoms with Crippen LogP contribution in [0.25, 0.3) is 0 Å². The summed E-state index contributed by atoms with van der Waals surface area (Å²) in [6, 6.07) is 7.96. The van der Waals surface area contributed by atoms with Gasteiger partial charge in [0.2, 0.25) is 12.0 Å². The van der Waals surface area contributed by atoms with Gasteiger partial charge in [0.05, 0.1) is 0 Å². The molecule has 1 aromatic rings. The summed E-state index contributed by atoms with van der Waals surface area (Å²) in [7, 11) is -3.48. The summed E-state index contributed by atoms with van der Waals surface area (Å²) in [4.78, 5) is 0. The Kier molecular flexibility index (Phi) is 6.49. The van der Waals surface area contributed by atoms with Gasteiger partial charge in [-0.1, -0.05) is 51.7 Å². The van der Waals surface area contributed by atoms with Gasteiger partial charge in [0, 0.05) is 6.42 Å². The number of phosphoric acid groups is 1. The smallest absolute Gasteiger partial charge is 0.455 e. The monoisotopic (exact) mass is 382 g/mol. The first-order chi connectivity index (χ1) is 12.6. The van der Waals surface area contributed by atoms with Crippen molar-refractivity contribution in [3.05, 3.63) is 41.5 Å². The lowest BCUT2D eigenvalue weighted by Gasteiger charge is -2.21. The van der Waals surface area contributed by atoms with Crippen LogP contribution >= 0.6 is 7.82 Å². The molecule has 0 aromatic heterocycles. The van der Waals surface area contributed by atoms with E-state index >= 15 is 0 Å². The molecule has 1 aromatic carbocycles. The zero-order valence-corrected chi connectivity index (χ0v) is 16.3. The van der Waals surface area contributed by atoms with Crippen LogP contribution in [0.15, 0.2) is 36.0 Å². The van der Waals surface area contributed by atoms with Crippen LogP contribution in [0.3, 0.4) is 0 Å². The van der Waals surface area contributed by atoms with Crippen LogP contribution in [0.5, 0.6) is 5.75 Å². The fraction of sp³-hybridized carbons (Fsp3) is 0.579. The van der Waals surface area contributed by atoms with Gasteiger partial charge in [-0.15, -0.1) is 0 Å². The predicted molar refractivity (Wildman–Crippen MR) is 97.5 cm³/mol. The molecular formula is C19H27O6P. The van der Waals surface area contributed by atoms with E-state index in [1.165, 1.54) is 24.8 Å². The highest BCUT2D eigenvalue weighted by atomic mass is 31.2. The second kappa shape index (κ2) is 8.83. The van der Waals surface area contributed by atoms with Gasteiger partial charge in [-0.05, 0) is 30.5 Å². The molecule has 0 radical (unpaired) electrons. The molecule has 2 aliphatic heterocycles. The highest BCUT2D eigenvalue weighted by molar-refractivity contribution is 7.49. The van der Waals surface area contributed by atoms with Gasteiger partial charge in [-0.2, -0.15) is 0 Å². The maximum Gasteiger partial charge on any atom is 0.590 e. The molecule has 1 saturated heterocycles. The van der Waals surface area contributed by atoms with Crippen molar-refractivity contribution in [1.82, 2.24) is 0 Å². The standard InChI is InChI=1S/C19H27O6P/c1-3-5-6-7-8-9-18(22-16-12-10-15(4-2)11-13-16)23-19-17-14-21-26(20,24-17)25-19/h10-13,18H,3-9,14H2,1-2H3. The Labute approximate surface area is 155 Å². The molecule has 26 heavy (non-hydrogen) atoms. The maximum absolute atomic E-state index is 11.9. The van der Waals surface area contributed by atoms with Crippen molar-refractivity contribution in [1.29, 1.82) is 0 Å². The zero-order chi connectivity index (χ0) is 18.4. The summed E-state index contributed by atoms with van der Waals surface area (Å²) < 4.78 is 39.0. The van der Waals surface area contributed by atoms with Crippen LogP contribution in [0.1, 0.15) is 57.9 Å². The molecule has 2 bridgehead atoms. The summed E-state index contributed by atoms with van der Waals surface area (Å²) in [6.45, 7) is 4.42. The van der Waals surface area contributed by atoms with Gasteiger partial charge in [-0.25, -0.2) is 4.57 Å². The van der Waals surface area contributed by atoms with Crippen LogP contribution < -0.4 is 4.74 Å². The molecule has 0 aliphatic carbocycles. The Morgan fingerprint density at radius 2 is 1.81 bits per heavy atom. The van der Waals surface area contributed by atoms with E-state index in [9.17, 15) is 4.57 Å². The largest absolute Gasteiger partial charge is 0.590 e. The van der Waals surface area contributed by atoms with Crippen LogP contribution in [0.2, 0.25) is 0 Å². The van der Waals surface area contributed by atoms with Gasteiger partial charge >= 0.3 is 13.8 Å². The van der Waals surface area contributed by atoms with E-state index in [4.69, 9.17) is 23.0 Å². The number of rotatable bonds is 11. The molecule has 2 atom stereocenters. The third kappa shape index (κ3) is 4.95. The Bertz CT molecular complexity index is 669. The molecule has 2 unspecified atom stereocenters. The minimum absolute atomic E-state index is 0.112. The molecule has 1 fully saturated rings. The molecule has 0 N–H and O–H groups in total. The number of hydrogen-bond donors (Lipinski definition) is 0. The molecule has 0 amide bonds. The summed E-state index contributed by atoms with van der Waals surface area (Å²) in [5.74, 6) is 1.20. The molecule has 3 rings (SSSR count). The highest BCUT2D eigenvalue weighted by Crippen LogP contribution is 2.63. The third-order valence-corrected chi connectivity index (χ3v) is 5.66. The van der Waals surface area contributed by atoms with E-state index in [0.29, 0.717) is 12.2 Å². The van der Waals surface area contributed by atoms with Gasteiger partial charge in [0.25, 0.3) is 0 Å². The van der Waals surface area contributed by atoms with Crippen molar-refractivity contribution in [3.63, 3.8) is 0 Å². The summed E-state index contributed by atoms with van der Waals surface area (Å²) >= 11 is 0. The minimum Gasteiger partial charge on any atom is -0.455 e. The van der Waals surface area contributed by atoms with Gasteiger partial charge in [0.1, 0.15) is 12.4 Å². The second-order valence-electron chi connectivity index (χ2n) is 6.48. The molecule has 2 heterocycles.